The van der Waals surface area contributed by atoms with Gasteiger partial charge < -0.3 is 15.3 Å². The molecule has 2 N–H and O–H groups in total. The first-order valence-electron chi connectivity index (χ1n) is 6.22. The van der Waals surface area contributed by atoms with E-state index in [1.54, 1.807) is 0 Å². The average Bonchev–Trinajstić information content (AvgIpc) is 2.41. The van der Waals surface area contributed by atoms with Gasteiger partial charge in [0.15, 0.2) is 5.78 Å². The lowest BCUT2D eigenvalue weighted by Gasteiger charge is -2.26. The van der Waals surface area contributed by atoms with Crippen LogP contribution in [-0.4, -0.2) is 48.5 Å². The summed E-state index contributed by atoms with van der Waals surface area (Å²) in [6.45, 7) is 4.46. The third-order valence-electron chi connectivity index (χ3n) is 3.19. The molecule has 1 saturated heterocycles. The molecule has 104 valence electrons. The number of carbonyl (C=O) groups excluding carboxylic acids is 1. The van der Waals surface area contributed by atoms with Gasteiger partial charge in [-0.05, 0) is 12.1 Å². The van der Waals surface area contributed by atoms with E-state index in [2.05, 4.69) is 10.2 Å². The Bertz CT molecular complexity index is 474. The van der Waals surface area contributed by atoms with Gasteiger partial charge >= 0.3 is 0 Å². The normalized spacial score (nSPS) is 16.5. The van der Waals surface area contributed by atoms with E-state index in [4.69, 9.17) is 23.2 Å². The van der Waals surface area contributed by atoms with Gasteiger partial charge in [-0.1, -0.05) is 23.2 Å². The molecule has 0 amide bonds. The highest BCUT2D eigenvalue weighted by atomic mass is 35.5. The van der Waals surface area contributed by atoms with E-state index in [-0.39, 0.29) is 22.1 Å². The van der Waals surface area contributed by atoms with Crippen molar-refractivity contribution in [2.24, 2.45) is 0 Å². The lowest BCUT2D eigenvalue weighted by atomic mass is 10.1. The summed E-state index contributed by atoms with van der Waals surface area (Å²) in [6, 6.07) is 2.88. The third kappa shape index (κ3) is 3.83. The molecule has 0 aromatic heterocycles. The van der Waals surface area contributed by atoms with E-state index in [9.17, 15) is 9.90 Å². The number of phenolic OH excluding ortho intramolecular Hbond substituents is 1. The van der Waals surface area contributed by atoms with Crippen molar-refractivity contribution in [2.45, 2.75) is 6.42 Å². The van der Waals surface area contributed by atoms with Crippen molar-refractivity contribution < 1.29 is 9.90 Å². The minimum atomic E-state index is -0.184. The van der Waals surface area contributed by atoms with Crippen LogP contribution in [0.25, 0.3) is 0 Å². The quantitative estimate of drug-likeness (QED) is 0.837. The zero-order valence-corrected chi connectivity index (χ0v) is 12.0. The molecule has 1 heterocycles. The first-order valence-corrected chi connectivity index (χ1v) is 6.98. The van der Waals surface area contributed by atoms with Gasteiger partial charge in [0.2, 0.25) is 0 Å². The molecule has 1 aliphatic heterocycles. The molecule has 0 atom stereocenters. The Balaban J connectivity index is 1.99. The number of rotatable bonds is 4. The number of carbonyl (C=O) groups is 1. The van der Waals surface area contributed by atoms with Crippen molar-refractivity contribution in [3.05, 3.63) is 27.7 Å². The van der Waals surface area contributed by atoms with Crippen molar-refractivity contribution in [1.82, 2.24) is 10.2 Å². The SMILES string of the molecule is O=C(CCN1CCNCC1)c1cc(Cl)cc(Cl)c1O. The molecular weight excluding hydrogens is 287 g/mol. The molecule has 1 aliphatic rings. The van der Waals surface area contributed by atoms with E-state index in [0.29, 0.717) is 18.0 Å². The number of benzene rings is 1. The summed E-state index contributed by atoms with van der Waals surface area (Å²) in [4.78, 5) is 14.3. The highest BCUT2D eigenvalue weighted by Crippen LogP contribution is 2.31. The van der Waals surface area contributed by atoms with Gasteiger partial charge in [0.05, 0.1) is 10.6 Å². The monoisotopic (exact) mass is 302 g/mol. The summed E-state index contributed by atoms with van der Waals surface area (Å²) in [5.41, 5.74) is 0.202. The van der Waals surface area contributed by atoms with E-state index < -0.39 is 0 Å². The minimum absolute atomic E-state index is 0.109. The van der Waals surface area contributed by atoms with Gasteiger partial charge in [-0.25, -0.2) is 0 Å². The average molecular weight is 303 g/mol. The maximum atomic E-state index is 12.1. The lowest BCUT2D eigenvalue weighted by Crippen LogP contribution is -2.44. The molecule has 6 heteroatoms. The zero-order chi connectivity index (χ0) is 13.8. The van der Waals surface area contributed by atoms with E-state index >= 15 is 0 Å². The van der Waals surface area contributed by atoms with Gasteiger partial charge in [0.25, 0.3) is 0 Å². The number of hydrogen-bond donors (Lipinski definition) is 2. The van der Waals surface area contributed by atoms with Crippen LogP contribution in [0.1, 0.15) is 16.8 Å². The Morgan fingerprint density at radius 2 is 2.00 bits per heavy atom. The Kier molecular flexibility index (Phi) is 5.05. The number of halogens is 2. The summed E-state index contributed by atoms with van der Waals surface area (Å²) >= 11 is 11.7. The summed E-state index contributed by atoms with van der Waals surface area (Å²) in [5, 5.41) is 13.5. The molecule has 0 saturated carbocycles. The fraction of sp³-hybridized carbons (Fsp3) is 0.462. The molecule has 0 radical (unpaired) electrons. The molecule has 0 aliphatic carbocycles. The first-order chi connectivity index (χ1) is 9.08. The minimum Gasteiger partial charge on any atom is -0.506 e. The number of nitrogens with zero attached hydrogens (tertiary/aromatic N) is 1. The lowest BCUT2D eigenvalue weighted by molar-refractivity contribution is 0.0958. The molecule has 4 nitrogen and oxygen atoms in total. The number of ketones is 1. The number of Topliss-reactive ketones (excluding diaryl/α,β-unsaturated/α-hetero) is 1. The fourth-order valence-electron chi connectivity index (χ4n) is 2.11. The van der Waals surface area contributed by atoms with Crippen LogP contribution in [0.5, 0.6) is 5.75 Å². The van der Waals surface area contributed by atoms with Gasteiger partial charge in [0, 0.05) is 44.2 Å². The van der Waals surface area contributed by atoms with Crippen LogP contribution < -0.4 is 5.32 Å². The number of hydrogen-bond acceptors (Lipinski definition) is 4. The Morgan fingerprint density at radius 1 is 1.32 bits per heavy atom. The number of phenols is 1. The van der Waals surface area contributed by atoms with Crippen LogP contribution in [0, 0.1) is 0 Å². The van der Waals surface area contributed by atoms with E-state index in [1.165, 1.54) is 12.1 Å². The molecule has 1 fully saturated rings. The topological polar surface area (TPSA) is 52.6 Å². The second kappa shape index (κ2) is 6.57. The van der Waals surface area contributed by atoms with Crippen LogP contribution in [0.15, 0.2) is 12.1 Å². The molecule has 1 aromatic carbocycles. The highest BCUT2D eigenvalue weighted by molar-refractivity contribution is 6.36. The van der Waals surface area contributed by atoms with Crippen molar-refractivity contribution in [3.63, 3.8) is 0 Å². The van der Waals surface area contributed by atoms with Crippen LogP contribution >= 0.6 is 23.2 Å². The van der Waals surface area contributed by atoms with Crippen molar-refractivity contribution in [2.75, 3.05) is 32.7 Å². The number of aromatic hydroxyl groups is 1. The van der Waals surface area contributed by atoms with Crippen LogP contribution in [-0.2, 0) is 0 Å². The van der Waals surface area contributed by atoms with Crippen molar-refractivity contribution >= 4 is 29.0 Å². The van der Waals surface area contributed by atoms with Gasteiger partial charge in [0.1, 0.15) is 5.75 Å². The summed E-state index contributed by atoms with van der Waals surface area (Å²) in [7, 11) is 0. The van der Waals surface area contributed by atoms with Gasteiger partial charge in [-0.3, -0.25) is 4.79 Å². The van der Waals surface area contributed by atoms with Crippen LogP contribution in [0.3, 0.4) is 0 Å². The summed E-state index contributed by atoms with van der Waals surface area (Å²) < 4.78 is 0. The van der Waals surface area contributed by atoms with E-state index in [0.717, 1.165) is 26.2 Å². The summed E-state index contributed by atoms with van der Waals surface area (Å²) in [5.74, 6) is -0.322. The number of piperazine rings is 1. The van der Waals surface area contributed by atoms with Crippen LogP contribution in [0.2, 0.25) is 10.0 Å². The second-order valence-corrected chi connectivity index (χ2v) is 5.39. The molecule has 1 aromatic rings. The molecule has 0 bridgehead atoms. The molecule has 0 spiro atoms. The van der Waals surface area contributed by atoms with Crippen molar-refractivity contribution in [3.8, 4) is 5.75 Å². The van der Waals surface area contributed by atoms with Crippen LogP contribution in [0.4, 0.5) is 0 Å². The molecule has 2 rings (SSSR count). The fourth-order valence-corrected chi connectivity index (χ4v) is 2.60. The van der Waals surface area contributed by atoms with Gasteiger partial charge in [-0.2, -0.15) is 0 Å². The highest BCUT2D eigenvalue weighted by Gasteiger charge is 2.17. The molecule has 0 unspecified atom stereocenters. The smallest absolute Gasteiger partial charge is 0.167 e. The largest absolute Gasteiger partial charge is 0.506 e. The van der Waals surface area contributed by atoms with Gasteiger partial charge in [-0.15, -0.1) is 0 Å². The Labute approximate surface area is 122 Å². The maximum absolute atomic E-state index is 12.1. The van der Waals surface area contributed by atoms with E-state index in [1.807, 2.05) is 0 Å². The molecular formula is C13H16Cl2N2O2. The van der Waals surface area contributed by atoms with Crippen molar-refractivity contribution in [1.29, 1.82) is 0 Å². The second-order valence-electron chi connectivity index (χ2n) is 4.55. The Hall–Kier alpha value is -0.810. The molecule has 19 heavy (non-hydrogen) atoms. The maximum Gasteiger partial charge on any atom is 0.167 e. The first kappa shape index (κ1) is 14.6. The predicted molar refractivity (Wildman–Crippen MR) is 76.4 cm³/mol. The predicted octanol–water partition coefficient (Wildman–Crippen LogP) is 2.18. The Morgan fingerprint density at radius 3 is 2.68 bits per heavy atom. The standard InChI is InChI=1S/C13H16Cl2N2O2/c14-9-7-10(13(19)11(15)8-9)12(18)1-4-17-5-2-16-3-6-17/h7-8,16,19H,1-6H2. The zero-order valence-electron chi connectivity index (χ0n) is 10.5. The number of nitrogens with one attached hydrogen (secondary N) is 1. The summed E-state index contributed by atoms with van der Waals surface area (Å²) in [6.07, 6.45) is 0.351. The third-order valence-corrected chi connectivity index (χ3v) is 3.70.